The number of hydrogen-bond acceptors (Lipinski definition) is 6. The molecule has 7 nitrogen and oxygen atoms in total. The minimum absolute atomic E-state index is 0.0381. The SMILES string of the molecule is O=C(O)c1cnc(N2CC3CC3C2)nc1NCc1ccc(CO)c(Cl)c1. The molecule has 1 aliphatic carbocycles. The second kappa shape index (κ2) is 6.74. The molecule has 8 heteroatoms. The average Bonchev–Trinajstić information content (AvgIpc) is 3.25. The fraction of sp³-hybridized carbons (Fsp3) is 0.389. The van der Waals surface area contributed by atoms with Gasteiger partial charge >= 0.3 is 5.97 Å². The lowest BCUT2D eigenvalue weighted by Crippen LogP contribution is -2.25. The van der Waals surface area contributed by atoms with Gasteiger partial charge in [0, 0.05) is 30.9 Å². The van der Waals surface area contributed by atoms with Gasteiger partial charge in [0.05, 0.1) is 6.61 Å². The molecule has 1 aliphatic heterocycles. The zero-order valence-corrected chi connectivity index (χ0v) is 14.8. The van der Waals surface area contributed by atoms with Crippen molar-refractivity contribution in [2.24, 2.45) is 11.8 Å². The Morgan fingerprint density at radius 3 is 2.77 bits per heavy atom. The summed E-state index contributed by atoms with van der Waals surface area (Å²) in [6.07, 6.45) is 2.64. The lowest BCUT2D eigenvalue weighted by atomic mass is 10.1. The summed E-state index contributed by atoms with van der Waals surface area (Å²) in [6, 6.07) is 5.33. The molecule has 2 aromatic rings. The summed E-state index contributed by atoms with van der Waals surface area (Å²) < 4.78 is 0. The Labute approximate surface area is 155 Å². The molecule has 2 fully saturated rings. The van der Waals surface area contributed by atoms with Gasteiger partial charge in [0.1, 0.15) is 11.4 Å². The number of aromatic carboxylic acids is 1. The Morgan fingerprint density at radius 2 is 2.12 bits per heavy atom. The van der Waals surface area contributed by atoms with Crippen LogP contribution in [0.1, 0.15) is 27.9 Å². The van der Waals surface area contributed by atoms with Gasteiger partial charge in [0.2, 0.25) is 5.95 Å². The number of aromatic nitrogens is 2. The van der Waals surface area contributed by atoms with Crippen molar-refractivity contribution in [2.75, 3.05) is 23.3 Å². The fourth-order valence-electron chi connectivity index (χ4n) is 3.39. The Bertz CT molecular complexity index is 850. The Balaban J connectivity index is 1.53. The van der Waals surface area contributed by atoms with Crippen LogP contribution in [-0.2, 0) is 13.2 Å². The van der Waals surface area contributed by atoms with E-state index in [4.69, 9.17) is 11.6 Å². The van der Waals surface area contributed by atoms with Gasteiger partial charge in [-0.15, -0.1) is 0 Å². The molecule has 1 saturated heterocycles. The van der Waals surface area contributed by atoms with E-state index in [9.17, 15) is 15.0 Å². The van der Waals surface area contributed by atoms with E-state index in [2.05, 4.69) is 20.2 Å². The number of nitrogens with zero attached hydrogens (tertiary/aromatic N) is 3. The zero-order chi connectivity index (χ0) is 18.3. The monoisotopic (exact) mass is 374 g/mol. The van der Waals surface area contributed by atoms with Crippen molar-refractivity contribution in [3.05, 3.63) is 46.1 Å². The highest BCUT2D eigenvalue weighted by molar-refractivity contribution is 6.31. The van der Waals surface area contributed by atoms with Crippen molar-refractivity contribution < 1.29 is 15.0 Å². The van der Waals surface area contributed by atoms with Gasteiger partial charge < -0.3 is 20.4 Å². The predicted molar refractivity (Wildman–Crippen MR) is 97.5 cm³/mol. The number of piperidine rings is 1. The van der Waals surface area contributed by atoms with Crippen molar-refractivity contribution >= 4 is 29.3 Å². The summed E-state index contributed by atoms with van der Waals surface area (Å²) >= 11 is 6.11. The molecule has 1 saturated carbocycles. The van der Waals surface area contributed by atoms with Gasteiger partial charge in [-0.05, 0) is 35.4 Å². The van der Waals surface area contributed by atoms with E-state index in [-0.39, 0.29) is 12.2 Å². The average molecular weight is 375 g/mol. The van der Waals surface area contributed by atoms with Crippen LogP contribution in [0.5, 0.6) is 0 Å². The van der Waals surface area contributed by atoms with Gasteiger partial charge in [-0.2, -0.15) is 4.98 Å². The van der Waals surface area contributed by atoms with Crippen molar-refractivity contribution in [3.63, 3.8) is 0 Å². The number of nitrogens with one attached hydrogen (secondary N) is 1. The van der Waals surface area contributed by atoms with Crippen LogP contribution in [0.25, 0.3) is 0 Å². The second-order valence-corrected chi connectivity index (χ2v) is 7.24. The molecular weight excluding hydrogens is 356 g/mol. The number of anilines is 2. The van der Waals surface area contributed by atoms with E-state index in [0.29, 0.717) is 28.9 Å². The number of carboxylic acid groups (broad SMARTS) is 1. The first-order valence-corrected chi connectivity index (χ1v) is 8.90. The molecule has 2 unspecified atom stereocenters. The number of benzene rings is 1. The van der Waals surface area contributed by atoms with Crippen LogP contribution in [0, 0.1) is 11.8 Å². The molecule has 2 aliphatic rings. The normalized spacial score (nSPS) is 20.8. The molecule has 0 radical (unpaired) electrons. The molecule has 1 aromatic carbocycles. The Kier molecular flexibility index (Phi) is 4.42. The minimum Gasteiger partial charge on any atom is -0.477 e. The fourth-order valence-corrected chi connectivity index (χ4v) is 3.66. The maximum absolute atomic E-state index is 11.5. The first-order valence-electron chi connectivity index (χ1n) is 8.52. The van der Waals surface area contributed by atoms with E-state index in [1.807, 2.05) is 6.07 Å². The van der Waals surface area contributed by atoms with E-state index in [0.717, 1.165) is 30.5 Å². The maximum Gasteiger partial charge on any atom is 0.341 e. The second-order valence-electron chi connectivity index (χ2n) is 6.84. The van der Waals surface area contributed by atoms with Crippen LogP contribution >= 0.6 is 11.6 Å². The summed E-state index contributed by atoms with van der Waals surface area (Å²) in [6.45, 7) is 2.12. The molecule has 2 heterocycles. The lowest BCUT2D eigenvalue weighted by molar-refractivity contribution is 0.0697. The minimum atomic E-state index is -1.07. The van der Waals surface area contributed by atoms with Crippen LogP contribution in [0.2, 0.25) is 5.02 Å². The van der Waals surface area contributed by atoms with Crippen molar-refractivity contribution in [1.82, 2.24) is 9.97 Å². The number of aliphatic hydroxyl groups excluding tert-OH is 1. The molecule has 136 valence electrons. The van der Waals surface area contributed by atoms with E-state index in [1.165, 1.54) is 12.6 Å². The van der Waals surface area contributed by atoms with Gasteiger partial charge in [-0.1, -0.05) is 23.7 Å². The maximum atomic E-state index is 11.5. The first-order chi connectivity index (χ1) is 12.5. The molecule has 0 bridgehead atoms. The Morgan fingerprint density at radius 1 is 1.35 bits per heavy atom. The third kappa shape index (κ3) is 3.32. The van der Waals surface area contributed by atoms with E-state index < -0.39 is 5.97 Å². The van der Waals surface area contributed by atoms with Gasteiger partial charge in [0.25, 0.3) is 0 Å². The highest BCUT2D eigenvalue weighted by Crippen LogP contribution is 2.45. The largest absolute Gasteiger partial charge is 0.477 e. The zero-order valence-electron chi connectivity index (χ0n) is 14.0. The summed E-state index contributed by atoms with van der Waals surface area (Å²) in [7, 11) is 0. The summed E-state index contributed by atoms with van der Waals surface area (Å²) in [4.78, 5) is 22.3. The van der Waals surface area contributed by atoms with Gasteiger partial charge in [-0.25, -0.2) is 9.78 Å². The number of fused-ring (bicyclic) bond motifs is 1. The number of hydrogen-bond donors (Lipinski definition) is 3. The number of halogens is 1. The van der Waals surface area contributed by atoms with Gasteiger partial charge in [-0.3, -0.25) is 0 Å². The molecule has 0 amide bonds. The topological polar surface area (TPSA) is 98.6 Å². The van der Waals surface area contributed by atoms with Crippen molar-refractivity contribution in [1.29, 1.82) is 0 Å². The first kappa shape index (κ1) is 17.1. The smallest absolute Gasteiger partial charge is 0.341 e. The van der Waals surface area contributed by atoms with Crippen LogP contribution < -0.4 is 10.2 Å². The van der Waals surface area contributed by atoms with Gasteiger partial charge in [0.15, 0.2) is 0 Å². The molecular formula is C18H19ClN4O3. The number of rotatable bonds is 6. The number of carboxylic acids is 1. The van der Waals surface area contributed by atoms with E-state index >= 15 is 0 Å². The highest BCUT2D eigenvalue weighted by atomic mass is 35.5. The quantitative estimate of drug-likeness (QED) is 0.714. The third-order valence-corrected chi connectivity index (χ3v) is 5.37. The van der Waals surface area contributed by atoms with Crippen molar-refractivity contribution in [2.45, 2.75) is 19.6 Å². The molecule has 26 heavy (non-hydrogen) atoms. The number of carbonyl (C=O) groups is 1. The van der Waals surface area contributed by atoms with Crippen LogP contribution in [0.15, 0.2) is 24.4 Å². The summed E-state index contributed by atoms with van der Waals surface area (Å²) in [5, 5.41) is 22.1. The van der Waals surface area contributed by atoms with Crippen LogP contribution in [0.4, 0.5) is 11.8 Å². The molecule has 1 aromatic heterocycles. The molecule has 0 spiro atoms. The van der Waals surface area contributed by atoms with Crippen LogP contribution in [-0.4, -0.2) is 39.2 Å². The van der Waals surface area contributed by atoms with Crippen LogP contribution in [0.3, 0.4) is 0 Å². The number of aliphatic hydroxyl groups is 1. The predicted octanol–water partition coefficient (Wildman–Crippen LogP) is 2.39. The molecule has 3 N–H and O–H groups in total. The summed E-state index contributed by atoms with van der Waals surface area (Å²) in [5.41, 5.74) is 1.56. The van der Waals surface area contributed by atoms with Crippen molar-refractivity contribution in [3.8, 4) is 0 Å². The third-order valence-electron chi connectivity index (χ3n) is 5.02. The molecule has 2 atom stereocenters. The van der Waals surface area contributed by atoms with E-state index in [1.54, 1.807) is 12.1 Å². The lowest BCUT2D eigenvalue weighted by Gasteiger charge is -2.19. The standard InChI is InChI=1S/C18H19ClN4O3/c19-15-3-10(1-2-11(15)9-24)5-20-16-14(17(25)26)6-21-18(22-16)23-7-12-4-13(12)8-23/h1-3,6,12-13,24H,4-5,7-9H2,(H,25,26)(H,20,21,22). The Hall–Kier alpha value is -2.38. The summed E-state index contributed by atoms with van der Waals surface area (Å²) in [5.74, 6) is 1.27. The highest BCUT2D eigenvalue weighted by Gasteiger charge is 2.45. The molecule has 4 rings (SSSR count).